The maximum Gasteiger partial charge on any atom is 0.164 e. The van der Waals surface area contributed by atoms with Gasteiger partial charge in [0.25, 0.3) is 0 Å². The molecule has 15 heavy (non-hydrogen) atoms. The molecule has 0 N–H and O–H groups in total. The molecule has 0 atom stereocenters. The minimum Gasteiger partial charge on any atom is -0.294 e. The zero-order valence-corrected chi connectivity index (χ0v) is 10.1. The SMILES string of the molecule is Cc1sccc1C(=O)CC1CCCCC1. The second-order valence-electron chi connectivity index (χ2n) is 4.52. The van der Waals surface area contributed by atoms with Crippen LogP contribution in [0.25, 0.3) is 0 Å². The highest BCUT2D eigenvalue weighted by molar-refractivity contribution is 7.10. The number of rotatable bonds is 3. The van der Waals surface area contributed by atoms with E-state index in [1.54, 1.807) is 11.3 Å². The summed E-state index contributed by atoms with van der Waals surface area (Å²) < 4.78 is 0. The van der Waals surface area contributed by atoms with Gasteiger partial charge in [-0.2, -0.15) is 0 Å². The van der Waals surface area contributed by atoms with Crippen LogP contribution in [0.3, 0.4) is 0 Å². The first-order valence-corrected chi connectivity index (χ1v) is 6.72. The number of Topliss-reactive ketones (excluding diaryl/α,β-unsaturated/α-hetero) is 1. The topological polar surface area (TPSA) is 17.1 Å². The van der Waals surface area contributed by atoms with E-state index in [4.69, 9.17) is 0 Å². The molecular formula is C13H18OS. The van der Waals surface area contributed by atoms with E-state index in [9.17, 15) is 4.79 Å². The van der Waals surface area contributed by atoms with Crippen LogP contribution in [0, 0.1) is 12.8 Å². The molecule has 1 fully saturated rings. The largest absolute Gasteiger partial charge is 0.294 e. The number of aryl methyl sites for hydroxylation is 1. The van der Waals surface area contributed by atoms with Crippen LogP contribution < -0.4 is 0 Å². The maximum absolute atomic E-state index is 12.0. The molecule has 1 aromatic heterocycles. The van der Waals surface area contributed by atoms with Crippen molar-refractivity contribution in [2.24, 2.45) is 5.92 Å². The van der Waals surface area contributed by atoms with Crippen LogP contribution in [-0.4, -0.2) is 5.78 Å². The van der Waals surface area contributed by atoms with Gasteiger partial charge in [-0.15, -0.1) is 11.3 Å². The monoisotopic (exact) mass is 222 g/mol. The Morgan fingerprint density at radius 3 is 2.73 bits per heavy atom. The highest BCUT2D eigenvalue weighted by atomic mass is 32.1. The Morgan fingerprint density at radius 1 is 1.40 bits per heavy atom. The van der Waals surface area contributed by atoms with Crippen molar-refractivity contribution in [2.45, 2.75) is 45.4 Å². The van der Waals surface area contributed by atoms with Gasteiger partial charge in [-0.05, 0) is 24.3 Å². The van der Waals surface area contributed by atoms with Crippen molar-refractivity contribution in [2.75, 3.05) is 0 Å². The van der Waals surface area contributed by atoms with Crippen LogP contribution in [0.2, 0.25) is 0 Å². The predicted octanol–water partition coefficient (Wildman–Crippen LogP) is 4.21. The maximum atomic E-state index is 12.0. The summed E-state index contributed by atoms with van der Waals surface area (Å²) in [4.78, 5) is 13.2. The molecule has 0 aliphatic heterocycles. The van der Waals surface area contributed by atoms with Gasteiger partial charge >= 0.3 is 0 Å². The number of ketones is 1. The zero-order valence-electron chi connectivity index (χ0n) is 9.29. The lowest BCUT2D eigenvalue weighted by Crippen LogP contribution is -2.12. The molecule has 1 nitrogen and oxygen atoms in total. The molecule has 0 spiro atoms. The van der Waals surface area contributed by atoms with E-state index in [1.807, 2.05) is 18.4 Å². The molecule has 1 saturated carbocycles. The molecule has 2 rings (SSSR count). The van der Waals surface area contributed by atoms with Crippen LogP contribution >= 0.6 is 11.3 Å². The Morgan fingerprint density at radius 2 is 2.13 bits per heavy atom. The number of carbonyl (C=O) groups is 1. The third-order valence-corrected chi connectivity index (χ3v) is 4.20. The summed E-state index contributed by atoms with van der Waals surface area (Å²) in [5.41, 5.74) is 0.963. The molecule has 1 aliphatic rings. The van der Waals surface area contributed by atoms with Crippen molar-refractivity contribution >= 4 is 17.1 Å². The van der Waals surface area contributed by atoms with Crippen molar-refractivity contribution in [1.82, 2.24) is 0 Å². The van der Waals surface area contributed by atoms with Crippen LogP contribution in [0.1, 0.15) is 53.8 Å². The molecule has 0 amide bonds. The van der Waals surface area contributed by atoms with Gasteiger partial charge in [-0.25, -0.2) is 0 Å². The first-order chi connectivity index (χ1) is 7.27. The second-order valence-corrected chi connectivity index (χ2v) is 5.64. The van der Waals surface area contributed by atoms with Crippen molar-refractivity contribution < 1.29 is 4.79 Å². The molecule has 0 bridgehead atoms. The van der Waals surface area contributed by atoms with E-state index in [1.165, 1.54) is 37.0 Å². The summed E-state index contributed by atoms with van der Waals surface area (Å²) in [5.74, 6) is 1.02. The third-order valence-electron chi connectivity index (χ3n) is 3.36. The summed E-state index contributed by atoms with van der Waals surface area (Å²) in [7, 11) is 0. The van der Waals surface area contributed by atoms with Gasteiger partial charge in [0.15, 0.2) is 5.78 Å². The van der Waals surface area contributed by atoms with E-state index >= 15 is 0 Å². The normalized spacial score (nSPS) is 17.9. The zero-order chi connectivity index (χ0) is 10.7. The van der Waals surface area contributed by atoms with E-state index in [0.717, 1.165) is 12.0 Å². The van der Waals surface area contributed by atoms with Crippen molar-refractivity contribution in [1.29, 1.82) is 0 Å². The summed E-state index contributed by atoms with van der Waals surface area (Å²) in [6.07, 6.45) is 7.30. The number of thiophene rings is 1. The van der Waals surface area contributed by atoms with Gasteiger partial charge in [0.05, 0.1) is 0 Å². The standard InChI is InChI=1S/C13H18OS/c1-10-12(7-8-15-10)13(14)9-11-5-3-2-4-6-11/h7-8,11H,2-6,9H2,1H3. The quantitative estimate of drug-likeness (QED) is 0.700. The smallest absolute Gasteiger partial charge is 0.164 e. The highest BCUT2D eigenvalue weighted by Crippen LogP contribution is 2.28. The Bertz CT molecular complexity index is 334. The lowest BCUT2D eigenvalue weighted by Gasteiger charge is -2.20. The summed E-state index contributed by atoms with van der Waals surface area (Å²) in [6, 6.07) is 1.98. The first kappa shape index (κ1) is 10.9. The number of carbonyl (C=O) groups excluding carboxylic acids is 1. The van der Waals surface area contributed by atoms with Crippen LogP contribution in [-0.2, 0) is 0 Å². The third kappa shape index (κ3) is 2.69. The summed E-state index contributed by atoms with van der Waals surface area (Å²) in [6.45, 7) is 2.04. The van der Waals surface area contributed by atoms with E-state index < -0.39 is 0 Å². The van der Waals surface area contributed by atoms with Gasteiger partial charge in [-0.3, -0.25) is 4.79 Å². The molecule has 82 valence electrons. The predicted molar refractivity (Wildman–Crippen MR) is 64.6 cm³/mol. The highest BCUT2D eigenvalue weighted by Gasteiger charge is 2.19. The molecule has 0 saturated heterocycles. The lowest BCUT2D eigenvalue weighted by atomic mass is 9.85. The van der Waals surface area contributed by atoms with Crippen molar-refractivity contribution in [3.63, 3.8) is 0 Å². The first-order valence-electron chi connectivity index (χ1n) is 5.84. The summed E-state index contributed by atoms with van der Waals surface area (Å²) in [5, 5.41) is 2.02. The fourth-order valence-electron chi connectivity index (χ4n) is 2.44. The van der Waals surface area contributed by atoms with Gasteiger partial charge in [0.2, 0.25) is 0 Å². The second kappa shape index (κ2) is 4.93. The molecular weight excluding hydrogens is 204 g/mol. The van der Waals surface area contributed by atoms with Crippen LogP contribution in [0.4, 0.5) is 0 Å². The molecule has 1 aromatic rings. The minimum atomic E-state index is 0.362. The van der Waals surface area contributed by atoms with E-state index in [0.29, 0.717) is 11.7 Å². The van der Waals surface area contributed by atoms with Crippen LogP contribution in [0.5, 0.6) is 0 Å². The Kier molecular flexibility index (Phi) is 3.57. The van der Waals surface area contributed by atoms with Gasteiger partial charge in [0, 0.05) is 16.9 Å². The fraction of sp³-hybridized carbons (Fsp3) is 0.615. The van der Waals surface area contributed by atoms with E-state index in [-0.39, 0.29) is 0 Å². The molecule has 1 heterocycles. The van der Waals surface area contributed by atoms with E-state index in [2.05, 4.69) is 0 Å². The molecule has 1 aliphatic carbocycles. The van der Waals surface area contributed by atoms with Gasteiger partial charge < -0.3 is 0 Å². The Hall–Kier alpha value is -0.630. The van der Waals surface area contributed by atoms with Crippen LogP contribution in [0.15, 0.2) is 11.4 Å². The average Bonchev–Trinajstić information content (AvgIpc) is 2.66. The molecule has 0 aromatic carbocycles. The molecule has 2 heteroatoms. The minimum absolute atomic E-state index is 0.362. The number of hydrogen-bond donors (Lipinski definition) is 0. The average molecular weight is 222 g/mol. The van der Waals surface area contributed by atoms with Gasteiger partial charge in [-0.1, -0.05) is 32.1 Å². The van der Waals surface area contributed by atoms with Crippen molar-refractivity contribution in [3.05, 3.63) is 21.9 Å². The summed E-state index contributed by atoms with van der Waals surface area (Å²) >= 11 is 1.67. The molecule has 0 radical (unpaired) electrons. The molecule has 0 unspecified atom stereocenters. The Labute approximate surface area is 95.5 Å². The fourth-order valence-corrected chi connectivity index (χ4v) is 3.15. The van der Waals surface area contributed by atoms with Gasteiger partial charge in [0.1, 0.15) is 0 Å². The van der Waals surface area contributed by atoms with Crippen molar-refractivity contribution in [3.8, 4) is 0 Å². The lowest BCUT2D eigenvalue weighted by molar-refractivity contribution is 0.0950. The Balaban J connectivity index is 1.94. The number of hydrogen-bond acceptors (Lipinski definition) is 2.